The standard InChI is InChI=1S/C22H20ClN5OS/c1-30-19-10-6-16(7-11-19)14-24-21(29)20-22(27-12-2-3-13-27)28(26-25-20)15-17-4-8-18(23)9-5-17/h2-13H,14-15H2,1H3,(H,24,29). The van der Waals surface area contributed by atoms with Gasteiger partial charge in [-0.2, -0.15) is 0 Å². The molecule has 2 aromatic carbocycles. The number of benzene rings is 2. The number of aromatic nitrogens is 4. The maximum absolute atomic E-state index is 12.9. The van der Waals surface area contributed by atoms with E-state index in [-0.39, 0.29) is 11.6 Å². The minimum atomic E-state index is -0.269. The third-order valence-electron chi connectivity index (χ3n) is 4.63. The van der Waals surface area contributed by atoms with Gasteiger partial charge in [-0.25, -0.2) is 4.68 Å². The molecular formula is C22H20ClN5OS. The number of halogens is 1. The van der Waals surface area contributed by atoms with Crippen molar-refractivity contribution in [2.45, 2.75) is 18.0 Å². The third kappa shape index (κ3) is 4.58. The summed E-state index contributed by atoms with van der Waals surface area (Å²) in [7, 11) is 0. The molecule has 0 atom stereocenters. The lowest BCUT2D eigenvalue weighted by atomic mass is 10.2. The molecule has 0 aliphatic carbocycles. The van der Waals surface area contributed by atoms with Crippen LogP contribution < -0.4 is 5.32 Å². The van der Waals surface area contributed by atoms with E-state index in [0.29, 0.717) is 23.9 Å². The summed E-state index contributed by atoms with van der Waals surface area (Å²) < 4.78 is 3.56. The van der Waals surface area contributed by atoms with Crippen LogP contribution in [-0.2, 0) is 13.1 Å². The minimum Gasteiger partial charge on any atom is -0.346 e. The van der Waals surface area contributed by atoms with Gasteiger partial charge in [0.1, 0.15) is 0 Å². The number of hydrogen-bond donors (Lipinski definition) is 1. The summed E-state index contributed by atoms with van der Waals surface area (Å²) in [6, 6.07) is 19.4. The maximum Gasteiger partial charge on any atom is 0.276 e. The molecule has 2 aromatic heterocycles. The van der Waals surface area contributed by atoms with Gasteiger partial charge in [0.05, 0.1) is 6.54 Å². The lowest BCUT2D eigenvalue weighted by molar-refractivity contribution is 0.0946. The molecule has 30 heavy (non-hydrogen) atoms. The van der Waals surface area contributed by atoms with Gasteiger partial charge < -0.3 is 9.88 Å². The van der Waals surface area contributed by atoms with E-state index in [1.165, 1.54) is 4.90 Å². The normalized spacial score (nSPS) is 10.9. The van der Waals surface area contributed by atoms with Crippen molar-refractivity contribution >= 4 is 29.3 Å². The minimum absolute atomic E-state index is 0.269. The van der Waals surface area contributed by atoms with Crippen molar-refractivity contribution in [1.29, 1.82) is 0 Å². The zero-order valence-corrected chi connectivity index (χ0v) is 17.9. The average Bonchev–Trinajstić information content (AvgIpc) is 3.44. The van der Waals surface area contributed by atoms with E-state index in [9.17, 15) is 4.79 Å². The van der Waals surface area contributed by atoms with Crippen LogP contribution in [0, 0.1) is 0 Å². The van der Waals surface area contributed by atoms with E-state index in [2.05, 4.69) is 15.6 Å². The molecule has 0 aliphatic heterocycles. The van der Waals surface area contributed by atoms with E-state index in [1.807, 2.05) is 83.9 Å². The fourth-order valence-corrected chi connectivity index (χ4v) is 3.60. The molecule has 6 nitrogen and oxygen atoms in total. The quantitative estimate of drug-likeness (QED) is 0.434. The van der Waals surface area contributed by atoms with E-state index >= 15 is 0 Å². The highest BCUT2D eigenvalue weighted by Crippen LogP contribution is 2.17. The number of carbonyl (C=O) groups excluding carboxylic acids is 1. The molecule has 0 unspecified atom stereocenters. The molecule has 152 valence electrons. The van der Waals surface area contributed by atoms with Gasteiger partial charge in [-0.15, -0.1) is 16.9 Å². The van der Waals surface area contributed by atoms with Crippen LogP contribution in [0.5, 0.6) is 0 Å². The van der Waals surface area contributed by atoms with Crippen molar-refractivity contribution in [1.82, 2.24) is 24.9 Å². The van der Waals surface area contributed by atoms with Crippen LogP contribution >= 0.6 is 23.4 Å². The summed E-state index contributed by atoms with van der Waals surface area (Å²) in [5.41, 5.74) is 2.32. The fraction of sp³-hybridized carbons (Fsp3) is 0.136. The number of hydrogen-bond acceptors (Lipinski definition) is 4. The fourth-order valence-electron chi connectivity index (χ4n) is 3.06. The number of nitrogens with zero attached hydrogens (tertiary/aromatic N) is 4. The molecule has 0 bridgehead atoms. The first-order chi connectivity index (χ1) is 14.6. The van der Waals surface area contributed by atoms with Gasteiger partial charge in [-0.05, 0) is 53.8 Å². The van der Waals surface area contributed by atoms with Crippen LogP contribution in [0.25, 0.3) is 5.82 Å². The highest BCUT2D eigenvalue weighted by Gasteiger charge is 2.21. The van der Waals surface area contributed by atoms with Crippen molar-refractivity contribution in [2.75, 3.05) is 6.26 Å². The second-order valence-corrected chi connectivity index (χ2v) is 7.98. The van der Waals surface area contributed by atoms with Crippen LogP contribution in [0.15, 0.2) is 78.0 Å². The Labute approximate surface area is 183 Å². The number of amides is 1. The van der Waals surface area contributed by atoms with Crippen molar-refractivity contribution < 1.29 is 4.79 Å². The SMILES string of the molecule is CSc1ccc(CNC(=O)c2nnn(Cc3ccc(Cl)cc3)c2-n2cccc2)cc1. The lowest BCUT2D eigenvalue weighted by Crippen LogP contribution is -2.25. The number of thioether (sulfide) groups is 1. The Morgan fingerprint density at radius 1 is 1.03 bits per heavy atom. The molecule has 0 spiro atoms. The molecule has 0 radical (unpaired) electrons. The maximum atomic E-state index is 12.9. The van der Waals surface area contributed by atoms with Crippen LogP contribution in [0.1, 0.15) is 21.6 Å². The van der Waals surface area contributed by atoms with E-state index in [1.54, 1.807) is 16.4 Å². The van der Waals surface area contributed by atoms with Crippen LogP contribution in [-0.4, -0.2) is 31.7 Å². The Bertz CT molecular complexity index is 1120. The predicted octanol–water partition coefficient (Wildman–Crippen LogP) is 4.42. The molecule has 0 fully saturated rings. The molecule has 1 N–H and O–H groups in total. The summed E-state index contributed by atoms with van der Waals surface area (Å²) in [6.07, 6.45) is 5.77. The topological polar surface area (TPSA) is 64.7 Å². The molecule has 1 amide bonds. The van der Waals surface area contributed by atoms with E-state index in [0.717, 1.165) is 11.1 Å². The average molecular weight is 438 g/mol. The Hall–Kier alpha value is -3.03. The van der Waals surface area contributed by atoms with Crippen LogP contribution in [0.2, 0.25) is 5.02 Å². The van der Waals surface area contributed by atoms with Gasteiger partial charge in [-0.3, -0.25) is 4.79 Å². The Morgan fingerprint density at radius 2 is 1.70 bits per heavy atom. The van der Waals surface area contributed by atoms with Crippen molar-refractivity contribution in [2.24, 2.45) is 0 Å². The number of rotatable bonds is 7. The lowest BCUT2D eigenvalue weighted by Gasteiger charge is -2.10. The second kappa shape index (κ2) is 9.19. The van der Waals surface area contributed by atoms with Gasteiger partial charge in [0, 0.05) is 28.9 Å². The highest BCUT2D eigenvalue weighted by molar-refractivity contribution is 7.98. The predicted molar refractivity (Wildman–Crippen MR) is 119 cm³/mol. The zero-order chi connectivity index (χ0) is 20.9. The molecule has 0 saturated heterocycles. The highest BCUT2D eigenvalue weighted by atomic mass is 35.5. The zero-order valence-electron chi connectivity index (χ0n) is 16.3. The molecular weight excluding hydrogens is 418 g/mol. The van der Waals surface area contributed by atoms with E-state index < -0.39 is 0 Å². The number of nitrogens with one attached hydrogen (secondary N) is 1. The monoisotopic (exact) mass is 437 g/mol. The van der Waals surface area contributed by atoms with Gasteiger partial charge in [0.15, 0.2) is 11.5 Å². The van der Waals surface area contributed by atoms with Crippen LogP contribution in [0.3, 0.4) is 0 Å². The number of carbonyl (C=O) groups is 1. The second-order valence-electron chi connectivity index (χ2n) is 6.67. The summed E-state index contributed by atoms with van der Waals surface area (Å²) in [5, 5.41) is 12.0. The molecule has 0 saturated carbocycles. The van der Waals surface area contributed by atoms with Gasteiger partial charge >= 0.3 is 0 Å². The van der Waals surface area contributed by atoms with E-state index in [4.69, 9.17) is 11.6 Å². The molecule has 8 heteroatoms. The first-order valence-electron chi connectivity index (χ1n) is 9.36. The first kappa shape index (κ1) is 20.3. The van der Waals surface area contributed by atoms with Crippen molar-refractivity contribution in [3.8, 4) is 5.82 Å². The summed E-state index contributed by atoms with van der Waals surface area (Å²) in [6.45, 7) is 0.893. The largest absolute Gasteiger partial charge is 0.346 e. The summed E-state index contributed by atoms with van der Waals surface area (Å²) in [5.74, 6) is 0.347. The smallest absolute Gasteiger partial charge is 0.276 e. The molecule has 2 heterocycles. The summed E-state index contributed by atoms with van der Waals surface area (Å²) in [4.78, 5) is 14.1. The van der Waals surface area contributed by atoms with Crippen molar-refractivity contribution in [3.63, 3.8) is 0 Å². The Morgan fingerprint density at radius 3 is 2.37 bits per heavy atom. The van der Waals surface area contributed by atoms with Crippen molar-refractivity contribution in [3.05, 3.63) is 94.9 Å². The third-order valence-corrected chi connectivity index (χ3v) is 5.63. The molecule has 4 rings (SSSR count). The Balaban J connectivity index is 1.56. The van der Waals surface area contributed by atoms with Gasteiger partial charge in [0.25, 0.3) is 5.91 Å². The molecule has 0 aliphatic rings. The summed E-state index contributed by atoms with van der Waals surface area (Å²) >= 11 is 7.67. The Kier molecular flexibility index (Phi) is 6.21. The molecule has 4 aromatic rings. The first-order valence-corrected chi connectivity index (χ1v) is 11.0. The van der Waals surface area contributed by atoms with Gasteiger partial charge in [-0.1, -0.05) is 41.1 Å². The van der Waals surface area contributed by atoms with Crippen LogP contribution in [0.4, 0.5) is 0 Å². The van der Waals surface area contributed by atoms with Gasteiger partial charge in [0.2, 0.25) is 0 Å².